The minimum absolute atomic E-state index is 0.0645. The Morgan fingerprint density at radius 2 is 1.50 bits per heavy atom. The zero-order valence-electron chi connectivity index (χ0n) is 26.3. The molecule has 4 heterocycles. The Kier molecular flexibility index (Phi) is 6.63. The van der Waals surface area contributed by atoms with Gasteiger partial charge in [-0.3, -0.25) is 0 Å². The Morgan fingerprint density at radius 1 is 0.705 bits per heavy atom. The summed E-state index contributed by atoms with van der Waals surface area (Å²) in [5.41, 5.74) is 11.1. The van der Waals surface area contributed by atoms with Crippen LogP contribution in [0.3, 0.4) is 0 Å². The lowest BCUT2D eigenvalue weighted by molar-refractivity contribution is -0.777. The standard InChI is InChI=1S/C42H42N2/c1-4-7-12-29-18-20-30(21-19-29)33-24-26-44-38(27-33)35-16-9-8-15-34(35)37(5-2)42(44,6-3)28-39-36-17-10-13-31-22-23-32-14-11-25-43(39)41(32)40(31)36/h8-11,13-27,37,39H,4-7,12,28H2,1-3H3/q+2. The molecule has 0 radical (unpaired) electrons. The molecular formula is C42H42N2+2. The summed E-state index contributed by atoms with van der Waals surface area (Å²) >= 11 is 0. The molecule has 2 aliphatic rings. The van der Waals surface area contributed by atoms with Gasteiger partial charge in [-0.05, 0) is 65.1 Å². The minimum atomic E-state index is -0.0645. The van der Waals surface area contributed by atoms with E-state index in [1.54, 1.807) is 0 Å². The van der Waals surface area contributed by atoms with Crippen LogP contribution in [0.4, 0.5) is 0 Å². The minimum Gasteiger partial charge on any atom is -0.192 e. The first kappa shape index (κ1) is 27.3. The molecule has 218 valence electrons. The number of fused-ring (bicyclic) bond motifs is 3. The molecule has 2 heteroatoms. The molecule has 44 heavy (non-hydrogen) atoms. The molecule has 2 aliphatic heterocycles. The van der Waals surface area contributed by atoms with E-state index in [2.05, 4.69) is 145 Å². The molecule has 0 N–H and O–H groups in total. The van der Waals surface area contributed by atoms with Crippen LogP contribution in [0.25, 0.3) is 44.1 Å². The smallest absolute Gasteiger partial charge is 0.192 e. The van der Waals surface area contributed by atoms with E-state index in [9.17, 15) is 0 Å². The molecule has 0 saturated carbocycles. The summed E-state index contributed by atoms with van der Waals surface area (Å²) in [6, 6.07) is 39.7. The van der Waals surface area contributed by atoms with E-state index in [0.717, 1.165) is 25.7 Å². The molecule has 2 aromatic heterocycles. The molecule has 2 nitrogen and oxygen atoms in total. The van der Waals surface area contributed by atoms with E-state index in [4.69, 9.17) is 0 Å². The average Bonchev–Trinajstić information content (AvgIpc) is 3.40. The van der Waals surface area contributed by atoms with Gasteiger partial charge in [0.05, 0.1) is 11.8 Å². The fraction of sp³-hybridized carbons (Fsp3) is 0.286. The molecule has 0 aliphatic carbocycles. The zero-order valence-corrected chi connectivity index (χ0v) is 26.3. The number of hydrogen-bond acceptors (Lipinski definition) is 0. The first-order chi connectivity index (χ1) is 21.7. The normalized spacial score (nSPS) is 19.9. The van der Waals surface area contributed by atoms with E-state index >= 15 is 0 Å². The molecule has 0 fully saturated rings. The van der Waals surface area contributed by atoms with Crippen molar-refractivity contribution in [1.82, 2.24) is 0 Å². The van der Waals surface area contributed by atoms with E-state index in [1.807, 2.05) is 0 Å². The van der Waals surface area contributed by atoms with Crippen LogP contribution >= 0.6 is 0 Å². The highest BCUT2D eigenvalue weighted by Gasteiger charge is 2.55. The second-order valence-corrected chi connectivity index (χ2v) is 13.1. The van der Waals surface area contributed by atoms with Gasteiger partial charge < -0.3 is 0 Å². The number of rotatable bonds is 8. The van der Waals surface area contributed by atoms with Gasteiger partial charge in [-0.2, -0.15) is 9.13 Å². The lowest BCUT2D eigenvalue weighted by Crippen LogP contribution is -2.64. The molecular weight excluding hydrogens is 532 g/mol. The molecule has 4 aromatic carbocycles. The number of hydrogen-bond donors (Lipinski definition) is 0. The second-order valence-electron chi connectivity index (χ2n) is 13.1. The number of aromatic nitrogens is 2. The van der Waals surface area contributed by atoms with Crippen molar-refractivity contribution in [2.75, 3.05) is 0 Å². The van der Waals surface area contributed by atoms with E-state index < -0.39 is 0 Å². The van der Waals surface area contributed by atoms with Crippen LogP contribution in [0.5, 0.6) is 0 Å². The largest absolute Gasteiger partial charge is 0.221 e. The summed E-state index contributed by atoms with van der Waals surface area (Å²) in [4.78, 5) is 0. The van der Waals surface area contributed by atoms with Crippen molar-refractivity contribution < 1.29 is 9.13 Å². The van der Waals surface area contributed by atoms with Gasteiger partial charge in [-0.25, -0.2) is 0 Å². The van der Waals surface area contributed by atoms with Crippen LogP contribution in [-0.4, -0.2) is 0 Å². The van der Waals surface area contributed by atoms with Crippen molar-refractivity contribution in [3.8, 4) is 22.4 Å². The number of nitrogens with zero attached hydrogens (tertiary/aromatic N) is 2. The zero-order chi connectivity index (χ0) is 29.8. The molecule has 0 saturated heterocycles. The number of benzene rings is 4. The third kappa shape index (κ3) is 4.00. The van der Waals surface area contributed by atoms with Crippen molar-refractivity contribution in [3.63, 3.8) is 0 Å². The SMILES string of the molecule is CCCCc1ccc(-c2cc[n+]3c(c2)-c2ccccc2C(CC)C3(CC)CC2c3cccc4ccc5ccc[n+]2c5c34)cc1. The van der Waals surface area contributed by atoms with Crippen LogP contribution in [0, 0.1) is 0 Å². The molecule has 8 rings (SSSR count). The predicted octanol–water partition coefficient (Wildman–Crippen LogP) is 9.85. The van der Waals surface area contributed by atoms with E-state index in [0.29, 0.717) is 5.92 Å². The second kappa shape index (κ2) is 10.7. The van der Waals surface area contributed by atoms with Gasteiger partial charge in [0.25, 0.3) is 0 Å². The Hall–Kier alpha value is -4.30. The molecule has 0 amide bonds. The van der Waals surface area contributed by atoms with Gasteiger partial charge in [-0.1, -0.05) is 93.9 Å². The Bertz CT molecular complexity index is 1960. The third-order valence-corrected chi connectivity index (χ3v) is 10.9. The quantitative estimate of drug-likeness (QED) is 0.126. The Labute approximate surface area is 261 Å². The molecule has 0 bridgehead atoms. The van der Waals surface area contributed by atoms with Crippen LogP contribution < -0.4 is 9.13 Å². The monoisotopic (exact) mass is 574 g/mol. The first-order valence-electron chi connectivity index (χ1n) is 16.8. The summed E-state index contributed by atoms with van der Waals surface area (Å²) < 4.78 is 5.28. The number of aryl methyl sites for hydroxylation is 1. The summed E-state index contributed by atoms with van der Waals surface area (Å²) in [6.45, 7) is 7.08. The summed E-state index contributed by atoms with van der Waals surface area (Å²) in [5, 5.41) is 4.12. The lowest BCUT2D eigenvalue weighted by atomic mass is 9.67. The highest BCUT2D eigenvalue weighted by atomic mass is 15.1. The van der Waals surface area contributed by atoms with Crippen LogP contribution in [0.1, 0.15) is 81.5 Å². The maximum Gasteiger partial charge on any atom is 0.221 e. The molecule has 6 aromatic rings. The fourth-order valence-electron chi connectivity index (χ4n) is 8.77. The van der Waals surface area contributed by atoms with Gasteiger partial charge in [0.1, 0.15) is 0 Å². The number of pyridine rings is 2. The predicted molar refractivity (Wildman–Crippen MR) is 182 cm³/mol. The average molecular weight is 575 g/mol. The molecule has 0 spiro atoms. The van der Waals surface area contributed by atoms with Gasteiger partial charge in [-0.15, -0.1) is 0 Å². The van der Waals surface area contributed by atoms with Crippen molar-refractivity contribution in [2.24, 2.45) is 0 Å². The van der Waals surface area contributed by atoms with Gasteiger partial charge in [0.15, 0.2) is 24.0 Å². The molecule has 3 atom stereocenters. The van der Waals surface area contributed by atoms with E-state index in [1.165, 1.54) is 73.6 Å². The van der Waals surface area contributed by atoms with Crippen molar-refractivity contribution in [2.45, 2.75) is 76.8 Å². The van der Waals surface area contributed by atoms with Crippen molar-refractivity contribution >= 4 is 21.7 Å². The lowest BCUT2D eigenvalue weighted by Gasteiger charge is -2.41. The summed E-state index contributed by atoms with van der Waals surface area (Å²) in [5.74, 6) is 0.424. The molecule has 3 unspecified atom stereocenters. The van der Waals surface area contributed by atoms with Crippen molar-refractivity contribution in [1.29, 1.82) is 0 Å². The van der Waals surface area contributed by atoms with Gasteiger partial charge >= 0.3 is 0 Å². The van der Waals surface area contributed by atoms with E-state index in [-0.39, 0.29) is 11.6 Å². The van der Waals surface area contributed by atoms with Crippen LogP contribution in [-0.2, 0) is 12.0 Å². The van der Waals surface area contributed by atoms with Crippen LogP contribution in [0.15, 0.2) is 116 Å². The fourth-order valence-corrected chi connectivity index (χ4v) is 8.77. The van der Waals surface area contributed by atoms with Crippen molar-refractivity contribution in [3.05, 3.63) is 132 Å². The Balaban J connectivity index is 1.29. The topological polar surface area (TPSA) is 7.76 Å². The van der Waals surface area contributed by atoms with Gasteiger partial charge in [0.2, 0.25) is 11.2 Å². The van der Waals surface area contributed by atoms with Crippen LogP contribution in [0.2, 0.25) is 0 Å². The highest BCUT2D eigenvalue weighted by Crippen LogP contribution is 2.50. The third-order valence-electron chi connectivity index (χ3n) is 10.9. The summed E-state index contributed by atoms with van der Waals surface area (Å²) in [7, 11) is 0. The number of unbranched alkanes of at least 4 members (excludes halogenated alkanes) is 1. The van der Waals surface area contributed by atoms with Gasteiger partial charge in [0, 0.05) is 47.1 Å². The maximum absolute atomic E-state index is 2.69. The maximum atomic E-state index is 2.69. The summed E-state index contributed by atoms with van der Waals surface area (Å²) in [6.07, 6.45) is 11.6. The Morgan fingerprint density at radius 3 is 2.32 bits per heavy atom. The highest BCUT2D eigenvalue weighted by molar-refractivity contribution is 6.06. The first-order valence-corrected chi connectivity index (χ1v) is 16.8.